The van der Waals surface area contributed by atoms with Crippen LogP contribution in [0, 0.1) is 6.92 Å². The van der Waals surface area contributed by atoms with Crippen LogP contribution >= 0.6 is 0 Å². The third-order valence-corrected chi connectivity index (χ3v) is 4.70. The number of nitrogens with zero attached hydrogens (tertiary/aromatic N) is 2. The van der Waals surface area contributed by atoms with Gasteiger partial charge in [-0.1, -0.05) is 30.3 Å². The summed E-state index contributed by atoms with van der Waals surface area (Å²) in [4.78, 5) is 22.2. The van der Waals surface area contributed by atoms with Crippen LogP contribution in [0.5, 0.6) is 5.75 Å². The van der Waals surface area contributed by atoms with E-state index in [2.05, 4.69) is 10.3 Å². The Balaban J connectivity index is 1.82. The lowest BCUT2D eigenvalue weighted by molar-refractivity contribution is 0.102. The van der Waals surface area contributed by atoms with Gasteiger partial charge in [0, 0.05) is 23.3 Å². The average Bonchev–Trinajstić information content (AvgIpc) is 2.75. The van der Waals surface area contributed by atoms with Crippen molar-refractivity contribution < 1.29 is 9.53 Å². The zero-order valence-corrected chi connectivity index (χ0v) is 16.3. The van der Waals surface area contributed by atoms with E-state index < -0.39 is 0 Å². The van der Waals surface area contributed by atoms with E-state index in [1.807, 2.05) is 74.5 Å². The molecule has 1 amide bonds. The largest absolute Gasteiger partial charge is 0.492 e. The normalized spacial score (nSPS) is 10.7. The van der Waals surface area contributed by atoms with Crippen LogP contribution in [-0.4, -0.2) is 22.5 Å². The Morgan fingerprint density at radius 2 is 1.83 bits per heavy atom. The summed E-state index contributed by atoms with van der Waals surface area (Å²) >= 11 is 0. The van der Waals surface area contributed by atoms with Gasteiger partial charge in [0.05, 0.1) is 29.1 Å². The molecule has 0 saturated carbocycles. The van der Waals surface area contributed by atoms with Crippen molar-refractivity contribution in [2.75, 3.05) is 11.9 Å². The van der Waals surface area contributed by atoms with Crippen molar-refractivity contribution in [3.8, 4) is 17.0 Å². The molecule has 144 valence electrons. The number of anilines is 1. The molecule has 5 heteroatoms. The summed E-state index contributed by atoms with van der Waals surface area (Å²) in [6.45, 7) is 4.44. The molecule has 5 nitrogen and oxygen atoms in total. The minimum atomic E-state index is -0.203. The molecule has 2 aromatic carbocycles. The maximum atomic E-state index is 13.3. The summed E-state index contributed by atoms with van der Waals surface area (Å²) in [5.74, 6) is 0.442. The quantitative estimate of drug-likeness (QED) is 0.511. The van der Waals surface area contributed by atoms with E-state index in [9.17, 15) is 4.79 Å². The van der Waals surface area contributed by atoms with Crippen LogP contribution in [0.3, 0.4) is 0 Å². The van der Waals surface area contributed by atoms with E-state index in [0.717, 1.165) is 27.7 Å². The molecular weight excluding hydrogens is 362 g/mol. The fourth-order valence-corrected chi connectivity index (χ4v) is 3.29. The molecule has 0 aliphatic carbocycles. The number of hydrogen-bond acceptors (Lipinski definition) is 4. The maximum absolute atomic E-state index is 13.3. The lowest BCUT2D eigenvalue weighted by Gasteiger charge is -2.14. The van der Waals surface area contributed by atoms with Crippen LogP contribution in [0.15, 0.2) is 73.1 Å². The molecule has 2 heterocycles. The van der Waals surface area contributed by atoms with Crippen molar-refractivity contribution in [3.63, 3.8) is 0 Å². The van der Waals surface area contributed by atoms with Gasteiger partial charge in [-0.25, -0.2) is 4.98 Å². The van der Waals surface area contributed by atoms with Crippen molar-refractivity contribution >= 4 is 22.5 Å². The Labute approximate surface area is 169 Å². The van der Waals surface area contributed by atoms with E-state index in [1.54, 1.807) is 12.4 Å². The molecule has 4 aromatic rings. The summed E-state index contributed by atoms with van der Waals surface area (Å²) in [5.41, 5.74) is 4.68. The van der Waals surface area contributed by atoms with Gasteiger partial charge in [-0.2, -0.15) is 0 Å². The van der Waals surface area contributed by atoms with E-state index >= 15 is 0 Å². The number of fused-ring (bicyclic) bond motifs is 1. The molecular formula is C24H21N3O2. The first-order valence-electron chi connectivity index (χ1n) is 9.51. The third kappa shape index (κ3) is 3.80. The second kappa shape index (κ2) is 8.10. The Morgan fingerprint density at radius 1 is 1.03 bits per heavy atom. The number of aryl methyl sites for hydroxylation is 1. The first-order valence-corrected chi connectivity index (χ1v) is 9.51. The fourth-order valence-electron chi connectivity index (χ4n) is 3.29. The van der Waals surface area contributed by atoms with Crippen LogP contribution in [0.1, 0.15) is 22.8 Å². The molecule has 29 heavy (non-hydrogen) atoms. The lowest BCUT2D eigenvalue weighted by atomic mass is 10.0. The molecule has 0 saturated heterocycles. The van der Waals surface area contributed by atoms with Gasteiger partial charge in [-0.15, -0.1) is 0 Å². The van der Waals surface area contributed by atoms with Crippen molar-refractivity contribution in [2.24, 2.45) is 0 Å². The summed E-state index contributed by atoms with van der Waals surface area (Å²) < 4.78 is 5.64. The van der Waals surface area contributed by atoms with Gasteiger partial charge >= 0.3 is 0 Å². The standard InChI is InChI=1S/C24H21N3O2/c1-3-29-22-10-5-4-9-20(22)27-24(28)19-15-21(17-11-13-25-14-12-17)26-23-16(2)7-6-8-18(19)23/h4-15H,3H2,1-2H3,(H,27,28). The second-order valence-corrected chi connectivity index (χ2v) is 6.65. The smallest absolute Gasteiger partial charge is 0.256 e. The molecule has 0 atom stereocenters. The molecule has 1 N–H and O–H groups in total. The number of para-hydroxylation sites is 3. The molecule has 0 aliphatic rings. The Morgan fingerprint density at radius 3 is 2.62 bits per heavy atom. The van der Waals surface area contributed by atoms with Crippen LogP contribution in [0.2, 0.25) is 0 Å². The predicted molar refractivity (Wildman–Crippen MR) is 115 cm³/mol. The number of rotatable bonds is 5. The summed E-state index contributed by atoms with van der Waals surface area (Å²) in [7, 11) is 0. The highest BCUT2D eigenvalue weighted by atomic mass is 16.5. The van der Waals surface area contributed by atoms with Crippen molar-refractivity contribution in [3.05, 3.63) is 84.2 Å². The van der Waals surface area contributed by atoms with Gasteiger partial charge in [-0.05, 0) is 49.7 Å². The van der Waals surface area contributed by atoms with Gasteiger partial charge in [0.2, 0.25) is 0 Å². The van der Waals surface area contributed by atoms with E-state index in [-0.39, 0.29) is 5.91 Å². The fraction of sp³-hybridized carbons (Fsp3) is 0.125. The molecule has 2 aromatic heterocycles. The third-order valence-electron chi connectivity index (χ3n) is 4.70. The number of amides is 1. The Hall–Kier alpha value is -3.73. The number of aromatic nitrogens is 2. The lowest BCUT2D eigenvalue weighted by Crippen LogP contribution is -2.14. The minimum Gasteiger partial charge on any atom is -0.492 e. The van der Waals surface area contributed by atoms with Crippen molar-refractivity contribution in [1.82, 2.24) is 9.97 Å². The van der Waals surface area contributed by atoms with Crippen molar-refractivity contribution in [2.45, 2.75) is 13.8 Å². The summed E-state index contributed by atoms with van der Waals surface area (Å²) in [6.07, 6.45) is 3.44. The second-order valence-electron chi connectivity index (χ2n) is 6.65. The number of benzene rings is 2. The van der Waals surface area contributed by atoms with Gasteiger partial charge in [0.25, 0.3) is 5.91 Å². The van der Waals surface area contributed by atoms with Gasteiger partial charge in [0.1, 0.15) is 5.75 Å². The first-order chi connectivity index (χ1) is 14.2. The number of carbonyl (C=O) groups excluding carboxylic acids is 1. The number of ether oxygens (including phenoxy) is 1. The molecule has 0 fully saturated rings. The average molecular weight is 383 g/mol. The monoisotopic (exact) mass is 383 g/mol. The van der Waals surface area contributed by atoms with Gasteiger partial charge < -0.3 is 10.1 Å². The van der Waals surface area contributed by atoms with Gasteiger partial charge in [-0.3, -0.25) is 9.78 Å². The molecule has 4 rings (SSSR count). The van der Waals surface area contributed by atoms with Crippen LogP contribution < -0.4 is 10.1 Å². The van der Waals surface area contributed by atoms with E-state index in [0.29, 0.717) is 23.6 Å². The molecule has 0 unspecified atom stereocenters. The molecule has 0 aliphatic heterocycles. The Kier molecular flexibility index (Phi) is 5.20. The molecule has 0 radical (unpaired) electrons. The highest BCUT2D eigenvalue weighted by molar-refractivity contribution is 6.13. The van der Waals surface area contributed by atoms with E-state index in [1.165, 1.54) is 0 Å². The Bertz CT molecular complexity index is 1170. The number of carbonyl (C=O) groups is 1. The maximum Gasteiger partial charge on any atom is 0.256 e. The first kappa shape index (κ1) is 18.6. The van der Waals surface area contributed by atoms with Crippen molar-refractivity contribution in [1.29, 1.82) is 0 Å². The topological polar surface area (TPSA) is 64.1 Å². The predicted octanol–water partition coefficient (Wildman–Crippen LogP) is 5.26. The van der Waals surface area contributed by atoms with Gasteiger partial charge in [0.15, 0.2) is 0 Å². The zero-order valence-electron chi connectivity index (χ0n) is 16.3. The number of pyridine rings is 2. The highest BCUT2D eigenvalue weighted by Gasteiger charge is 2.16. The highest BCUT2D eigenvalue weighted by Crippen LogP contribution is 2.29. The number of hydrogen-bond donors (Lipinski definition) is 1. The SMILES string of the molecule is CCOc1ccccc1NC(=O)c1cc(-c2ccncc2)nc2c(C)cccc12. The zero-order chi connectivity index (χ0) is 20.2. The van der Waals surface area contributed by atoms with E-state index in [4.69, 9.17) is 9.72 Å². The van der Waals surface area contributed by atoms with Crippen LogP contribution in [0.4, 0.5) is 5.69 Å². The number of nitrogens with one attached hydrogen (secondary N) is 1. The summed E-state index contributed by atoms with van der Waals surface area (Å²) in [5, 5.41) is 3.81. The molecule has 0 spiro atoms. The minimum absolute atomic E-state index is 0.203. The molecule has 0 bridgehead atoms. The summed E-state index contributed by atoms with van der Waals surface area (Å²) in [6, 6.07) is 18.9. The van der Waals surface area contributed by atoms with Crippen LogP contribution in [-0.2, 0) is 0 Å². The van der Waals surface area contributed by atoms with Crippen LogP contribution in [0.25, 0.3) is 22.2 Å².